The predicted octanol–water partition coefficient (Wildman–Crippen LogP) is 2.66. The Bertz CT molecular complexity index is 406. The summed E-state index contributed by atoms with van der Waals surface area (Å²) >= 11 is 0. The van der Waals surface area contributed by atoms with E-state index < -0.39 is 0 Å². The molecule has 0 spiro atoms. The second kappa shape index (κ2) is 9.99. The molecule has 0 amide bonds. The second-order valence-electron chi connectivity index (χ2n) is 5.04. The van der Waals surface area contributed by atoms with Crippen molar-refractivity contribution < 1.29 is 4.74 Å². The fourth-order valence-corrected chi connectivity index (χ4v) is 1.83. The molecule has 2 unspecified atom stereocenters. The monoisotopic (exact) mass is 391 g/mol. The maximum atomic E-state index is 5.84. The van der Waals surface area contributed by atoms with Gasteiger partial charge in [0.05, 0.1) is 6.61 Å². The van der Waals surface area contributed by atoms with E-state index in [0.717, 1.165) is 0 Å². The molecule has 0 radical (unpaired) electrons. The SMILES string of the molecule is COCC(C)NC(N)=NCC(C)c1ccc(C)cc1.I. The number of ether oxygens (including phenoxy) is 1. The summed E-state index contributed by atoms with van der Waals surface area (Å²) in [6, 6.07) is 8.71. The highest BCUT2D eigenvalue weighted by Gasteiger charge is 2.06. The normalized spacial score (nSPS) is 14.3. The lowest BCUT2D eigenvalue weighted by Gasteiger charge is -2.14. The van der Waals surface area contributed by atoms with Crippen molar-refractivity contribution in [3.05, 3.63) is 35.4 Å². The van der Waals surface area contributed by atoms with Crippen LogP contribution in [0, 0.1) is 6.92 Å². The van der Waals surface area contributed by atoms with Crippen LogP contribution in [0.15, 0.2) is 29.3 Å². The third kappa shape index (κ3) is 7.09. The van der Waals surface area contributed by atoms with Crippen molar-refractivity contribution in [2.45, 2.75) is 32.7 Å². The van der Waals surface area contributed by atoms with Crippen LogP contribution in [0.1, 0.15) is 30.9 Å². The zero-order chi connectivity index (χ0) is 14.3. The van der Waals surface area contributed by atoms with Crippen LogP contribution < -0.4 is 11.1 Å². The number of rotatable bonds is 6. The summed E-state index contributed by atoms with van der Waals surface area (Å²) in [7, 11) is 1.67. The van der Waals surface area contributed by atoms with Gasteiger partial charge in [-0.1, -0.05) is 36.8 Å². The fourth-order valence-electron chi connectivity index (χ4n) is 1.83. The Morgan fingerprint density at radius 1 is 1.30 bits per heavy atom. The summed E-state index contributed by atoms with van der Waals surface area (Å²) in [5, 5.41) is 3.10. The molecule has 0 aliphatic heterocycles. The van der Waals surface area contributed by atoms with Gasteiger partial charge in [0.1, 0.15) is 0 Å². The molecule has 0 aliphatic rings. The van der Waals surface area contributed by atoms with Crippen molar-refractivity contribution in [1.82, 2.24) is 5.32 Å². The van der Waals surface area contributed by atoms with Gasteiger partial charge in [-0.05, 0) is 19.4 Å². The molecule has 0 saturated heterocycles. The Labute approximate surface area is 139 Å². The van der Waals surface area contributed by atoms with E-state index in [9.17, 15) is 0 Å². The van der Waals surface area contributed by atoms with E-state index in [1.54, 1.807) is 7.11 Å². The summed E-state index contributed by atoms with van der Waals surface area (Å²) in [5.74, 6) is 0.835. The summed E-state index contributed by atoms with van der Waals surface area (Å²) < 4.78 is 5.04. The van der Waals surface area contributed by atoms with Crippen molar-refractivity contribution in [2.24, 2.45) is 10.7 Å². The minimum Gasteiger partial charge on any atom is -0.383 e. The summed E-state index contributed by atoms with van der Waals surface area (Å²) in [6.07, 6.45) is 0. The number of halogens is 1. The molecule has 0 aromatic heterocycles. The lowest BCUT2D eigenvalue weighted by molar-refractivity contribution is 0.179. The van der Waals surface area contributed by atoms with E-state index in [2.05, 4.69) is 48.4 Å². The van der Waals surface area contributed by atoms with Crippen molar-refractivity contribution >= 4 is 29.9 Å². The molecule has 20 heavy (non-hydrogen) atoms. The summed E-state index contributed by atoms with van der Waals surface area (Å²) in [6.45, 7) is 7.55. The van der Waals surface area contributed by atoms with Gasteiger partial charge in [0.25, 0.3) is 0 Å². The first-order valence-electron chi connectivity index (χ1n) is 6.65. The third-order valence-electron chi connectivity index (χ3n) is 2.99. The number of aliphatic imine (C=N–C) groups is 1. The Kier molecular flexibility index (Phi) is 9.58. The minimum atomic E-state index is 0. The minimum absolute atomic E-state index is 0. The third-order valence-corrected chi connectivity index (χ3v) is 2.99. The van der Waals surface area contributed by atoms with Crippen molar-refractivity contribution in [3.8, 4) is 0 Å². The highest BCUT2D eigenvalue weighted by molar-refractivity contribution is 14.0. The number of methoxy groups -OCH3 is 1. The van der Waals surface area contributed by atoms with Gasteiger partial charge in [-0.15, -0.1) is 24.0 Å². The van der Waals surface area contributed by atoms with E-state index in [-0.39, 0.29) is 30.0 Å². The van der Waals surface area contributed by atoms with Crippen LogP contribution in [0.5, 0.6) is 0 Å². The smallest absolute Gasteiger partial charge is 0.188 e. The van der Waals surface area contributed by atoms with E-state index >= 15 is 0 Å². The van der Waals surface area contributed by atoms with Gasteiger partial charge in [0.15, 0.2) is 5.96 Å². The van der Waals surface area contributed by atoms with Gasteiger partial charge >= 0.3 is 0 Å². The second-order valence-corrected chi connectivity index (χ2v) is 5.04. The average Bonchev–Trinajstić information content (AvgIpc) is 2.37. The lowest BCUT2D eigenvalue weighted by atomic mass is 10.0. The molecule has 4 nitrogen and oxygen atoms in total. The molecule has 2 atom stereocenters. The van der Waals surface area contributed by atoms with Crippen LogP contribution in [-0.2, 0) is 4.74 Å². The zero-order valence-corrected chi connectivity index (χ0v) is 15.0. The van der Waals surface area contributed by atoms with Gasteiger partial charge < -0.3 is 15.8 Å². The average molecular weight is 391 g/mol. The number of benzene rings is 1. The molecule has 0 aliphatic carbocycles. The van der Waals surface area contributed by atoms with Gasteiger partial charge in [0.2, 0.25) is 0 Å². The first-order valence-corrected chi connectivity index (χ1v) is 6.65. The number of hydrogen-bond acceptors (Lipinski definition) is 2. The molecule has 1 rings (SSSR count). The van der Waals surface area contributed by atoms with Crippen molar-refractivity contribution in [2.75, 3.05) is 20.3 Å². The maximum Gasteiger partial charge on any atom is 0.188 e. The number of aryl methyl sites for hydroxylation is 1. The topological polar surface area (TPSA) is 59.6 Å². The molecular formula is C15H26IN3O. The van der Waals surface area contributed by atoms with Gasteiger partial charge in [-0.3, -0.25) is 4.99 Å². The highest BCUT2D eigenvalue weighted by atomic mass is 127. The first-order chi connectivity index (χ1) is 9.02. The molecule has 114 valence electrons. The Morgan fingerprint density at radius 3 is 2.45 bits per heavy atom. The standard InChI is InChI=1S/C15H25N3O.HI/c1-11-5-7-14(8-6-11)12(2)9-17-15(16)18-13(3)10-19-4;/h5-8,12-13H,9-10H2,1-4H3,(H3,16,17,18);1H. The van der Waals surface area contributed by atoms with Crippen molar-refractivity contribution in [3.63, 3.8) is 0 Å². The van der Waals surface area contributed by atoms with E-state index in [1.165, 1.54) is 11.1 Å². The lowest BCUT2D eigenvalue weighted by Crippen LogP contribution is -2.40. The number of hydrogen-bond donors (Lipinski definition) is 2. The van der Waals surface area contributed by atoms with Crippen LogP contribution >= 0.6 is 24.0 Å². The Balaban J connectivity index is 0.00000361. The van der Waals surface area contributed by atoms with Crippen LogP contribution in [0.4, 0.5) is 0 Å². The highest BCUT2D eigenvalue weighted by Crippen LogP contribution is 2.15. The van der Waals surface area contributed by atoms with Gasteiger partial charge in [-0.25, -0.2) is 0 Å². The summed E-state index contributed by atoms with van der Waals surface area (Å²) in [5.41, 5.74) is 8.40. The van der Waals surface area contributed by atoms with E-state index in [4.69, 9.17) is 10.5 Å². The molecule has 3 N–H and O–H groups in total. The number of guanidine groups is 1. The molecule has 0 bridgehead atoms. The van der Waals surface area contributed by atoms with E-state index in [1.807, 2.05) is 6.92 Å². The predicted molar refractivity (Wildman–Crippen MR) is 96.0 cm³/mol. The van der Waals surface area contributed by atoms with Crippen LogP contribution in [-0.4, -0.2) is 32.3 Å². The summed E-state index contributed by atoms with van der Waals surface area (Å²) in [4.78, 5) is 4.37. The Hall–Kier alpha value is -0.820. The largest absolute Gasteiger partial charge is 0.383 e. The molecule has 0 saturated carbocycles. The van der Waals surface area contributed by atoms with Crippen molar-refractivity contribution in [1.29, 1.82) is 0 Å². The van der Waals surface area contributed by atoms with Gasteiger partial charge in [0, 0.05) is 25.6 Å². The molecule has 5 heteroatoms. The molecule has 0 fully saturated rings. The van der Waals surface area contributed by atoms with Gasteiger partial charge in [-0.2, -0.15) is 0 Å². The number of nitrogens with two attached hydrogens (primary N) is 1. The maximum absolute atomic E-state index is 5.84. The molecule has 0 heterocycles. The van der Waals surface area contributed by atoms with Crippen LogP contribution in [0.3, 0.4) is 0 Å². The van der Waals surface area contributed by atoms with E-state index in [0.29, 0.717) is 25.0 Å². The first kappa shape index (κ1) is 19.2. The zero-order valence-electron chi connectivity index (χ0n) is 12.7. The quantitative estimate of drug-likeness (QED) is 0.445. The Morgan fingerprint density at radius 2 is 1.90 bits per heavy atom. The number of nitrogens with zero attached hydrogens (tertiary/aromatic N) is 1. The van der Waals surface area contributed by atoms with Crippen LogP contribution in [0.25, 0.3) is 0 Å². The van der Waals surface area contributed by atoms with Crippen LogP contribution in [0.2, 0.25) is 0 Å². The fraction of sp³-hybridized carbons (Fsp3) is 0.533. The number of nitrogens with one attached hydrogen (secondary N) is 1. The molecular weight excluding hydrogens is 365 g/mol. The molecule has 1 aromatic carbocycles. The molecule has 1 aromatic rings.